The van der Waals surface area contributed by atoms with E-state index in [1.54, 1.807) is 11.9 Å². The third kappa shape index (κ3) is 2.64. The summed E-state index contributed by atoms with van der Waals surface area (Å²) >= 11 is 4.76. The smallest absolute Gasteiger partial charge is 0.285 e. The van der Waals surface area contributed by atoms with Crippen LogP contribution in [0.1, 0.15) is 22.3 Å². The van der Waals surface area contributed by atoms with E-state index in [2.05, 4.69) is 20.9 Å². The summed E-state index contributed by atoms with van der Waals surface area (Å²) < 4.78 is 0.880. The van der Waals surface area contributed by atoms with Crippen molar-refractivity contribution in [2.24, 2.45) is 4.99 Å². The second kappa shape index (κ2) is 6.21. The molecule has 2 aliphatic heterocycles. The van der Waals surface area contributed by atoms with E-state index < -0.39 is 0 Å². The predicted molar refractivity (Wildman–Crippen MR) is 110 cm³/mol. The maximum atomic E-state index is 12.9. The van der Waals surface area contributed by atoms with E-state index in [-0.39, 0.29) is 11.8 Å². The molecule has 0 fully saturated rings. The Morgan fingerprint density at radius 1 is 1.08 bits per heavy atom. The molecule has 2 aromatic carbocycles. The summed E-state index contributed by atoms with van der Waals surface area (Å²) in [5, 5.41) is 0.633. The highest BCUT2D eigenvalue weighted by atomic mass is 79.9. The third-order valence-electron chi connectivity index (χ3n) is 4.51. The van der Waals surface area contributed by atoms with Crippen LogP contribution in [0.15, 0.2) is 50.8 Å². The largest absolute Gasteiger partial charge is 0.310 e. The molecule has 0 radical (unpaired) electrons. The SMILES string of the molecule is Cc1ccc(C2=NC(=O)C(=C3C(=O)N(C)c4c(C)cc(Br)cc43)S2)cc1. The highest BCUT2D eigenvalue weighted by Crippen LogP contribution is 2.45. The van der Waals surface area contributed by atoms with Crippen molar-refractivity contribution in [2.45, 2.75) is 13.8 Å². The van der Waals surface area contributed by atoms with Crippen molar-refractivity contribution in [2.75, 3.05) is 11.9 Å². The van der Waals surface area contributed by atoms with Crippen molar-refractivity contribution in [3.8, 4) is 0 Å². The molecule has 0 unspecified atom stereocenters. The van der Waals surface area contributed by atoms with E-state index in [4.69, 9.17) is 0 Å². The van der Waals surface area contributed by atoms with E-state index in [1.165, 1.54) is 11.8 Å². The van der Waals surface area contributed by atoms with Crippen molar-refractivity contribution in [3.05, 3.63) is 68.0 Å². The van der Waals surface area contributed by atoms with Gasteiger partial charge in [0.05, 0.1) is 16.2 Å². The van der Waals surface area contributed by atoms with Gasteiger partial charge in [-0.2, -0.15) is 0 Å². The number of halogens is 1. The van der Waals surface area contributed by atoms with Crippen molar-refractivity contribution >= 4 is 55.8 Å². The standard InChI is InChI=1S/C20H15BrN2O2S/c1-10-4-6-12(7-5-10)19-22-18(24)17(26-19)15-14-9-13(21)8-11(2)16(14)23(3)20(15)25/h4-9H,1-3H3. The number of hydrogen-bond donors (Lipinski definition) is 0. The lowest BCUT2D eigenvalue weighted by molar-refractivity contribution is -0.115. The van der Waals surface area contributed by atoms with Crippen LogP contribution in [0.2, 0.25) is 0 Å². The Hall–Kier alpha value is -2.18. The monoisotopic (exact) mass is 426 g/mol. The third-order valence-corrected chi connectivity index (χ3v) is 6.07. The van der Waals surface area contributed by atoms with Gasteiger partial charge in [-0.3, -0.25) is 9.59 Å². The van der Waals surface area contributed by atoms with Crippen molar-refractivity contribution in [1.29, 1.82) is 0 Å². The lowest BCUT2D eigenvalue weighted by Gasteiger charge is -2.12. The molecule has 0 aliphatic carbocycles. The minimum absolute atomic E-state index is 0.169. The van der Waals surface area contributed by atoms with Crippen LogP contribution >= 0.6 is 27.7 Å². The number of carbonyl (C=O) groups is 2. The average molecular weight is 427 g/mol. The van der Waals surface area contributed by atoms with Gasteiger partial charge in [-0.15, -0.1) is 0 Å². The summed E-state index contributed by atoms with van der Waals surface area (Å²) in [6.45, 7) is 3.97. The maximum absolute atomic E-state index is 12.9. The normalized spacial score (nSPS) is 19.2. The highest BCUT2D eigenvalue weighted by molar-refractivity contribution is 9.10. The van der Waals surface area contributed by atoms with E-state index in [0.29, 0.717) is 15.5 Å². The summed E-state index contributed by atoms with van der Waals surface area (Å²) in [5.41, 5.74) is 5.07. The Balaban J connectivity index is 1.83. The number of amides is 2. The first kappa shape index (κ1) is 17.2. The van der Waals surface area contributed by atoms with Gasteiger partial charge in [-0.1, -0.05) is 57.5 Å². The molecule has 2 aliphatic rings. The summed E-state index contributed by atoms with van der Waals surface area (Å²) in [6.07, 6.45) is 0. The lowest BCUT2D eigenvalue weighted by atomic mass is 10.0. The number of fused-ring (bicyclic) bond motifs is 1. The Morgan fingerprint density at radius 3 is 2.46 bits per heavy atom. The van der Waals surface area contributed by atoms with E-state index >= 15 is 0 Å². The zero-order valence-electron chi connectivity index (χ0n) is 14.5. The maximum Gasteiger partial charge on any atom is 0.285 e. The molecule has 0 spiro atoms. The van der Waals surface area contributed by atoms with Gasteiger partial charge in [0.2, 0.25) is 0 Å². The molecule has 0 atom stereocenters. The van der Waals surface area contributed by atoms with Gasteiger partial charge in [0.25, 0.3) is 11.8 Å². The topological polar surface area (TPSA) is 49.7 Å². The van der Waals surface area contributed by atoms with Gasteiger partial charge in [0, 0.05) is 22.6 Å². The van der Waals surface area contributed by atoms with Gasteiger partial charge in [-0.25, -0.2) is 4.99 Å². The minimum Gasteiger partial charge on any atom is -0.310 e. The molecule has 6 heteroatoms. The van der Waals surface area contributed by atoms with Crippen LogP contribution in [0, 0.1) is 13.8 Å². The molecular formula is C20H15BrN2O2S. The Kier molecular flexibility index (Phi) is 4.12. The number of benzene rings is 2. The Bertz CT molecular complexity index is 1040. The molecule has 0 N–H and O–H groups in total. The molecule has 2 heterocycles. The number of carbonyl (C=O) groups excluding carboxylic acids is 2. The van der Waals surface area contributed by atoms with Crippen molar-refractivity contribution in [3.63, 3.8) is 0 Å². The molecule has 26 heavy (non-hydrogen) atoms. The van der Waals surface area contributed by atoms with E-state index in [9.17, 15) is 9.59 Å². The Labute approximate surface area is 164 Å². The number of hydrogen-bond acceptors (Lipinski definition) is 3. The number of rotatable bonds is 1. The summed E-state index contributed by atoms with van der Waals surface area (Å²) in [5.74, 6) is -0.523. The first-order valence-corrected chi connectivity index (χ1v) is 9.68. The van der Waals surface area contributed by atoms with Crippen LogP contribution in [0.3, 0.4) is 0 Å². The zero-order valence-corrected chi connectivity index (χ0v) is 16.9. The van der Waals surface area contributed by atoms with Crippen LogP contribution in [0.25, 0.3) is 5.57 Å². The molecule has 0 saturated heterocycles. The summed E-state index contributed by atoms with van der Waals surface area (Å²) in [7, 11) is 1.74. The quantitative estimate of drug-likeness (QED) is 0.631. The van der Waals surface area contributed by atoms with Gasteiger partial charge in [0.15, 0.2) is 0 Å². The van der Waals surface area contributed by atoms with Gasteiger partial charge >= 0.3 is 0 Å². The van der Waals surface area contributed by atoms with Gasteiger partial charge in [0.1, 0.15) is 5.04 Å². The molecule has 0 aromatic heterocycles. The van der Waals surface area contributed by atoms with Gasteiger partial charge in [-0.05, 0) is 31.5 Å². The second-order valence-corrected chi connectivity index (χ2v) is 8.29. The number of nitrogens with zero attached hydrogens (tertiary/aromatic N) is 2. The fourth-order valence-corrected chi connectivity index (χ4v) is 4.84. The van der Waals surface area contributed by atoms with Crippen LogP contribution in [-0.2, 0) is 9.59 Å². The summed E-state index contributed by atoms with van der Waals surface area (Å²) in [6, 6.07) is 11.7. The fourth-order valence-electron chi connectivity index (χ4n) is 3.26. The highest BCUT2D eigenvalue weighted by Gasteiger charge is 2.38. The molecule has 0 saturated carbocycles. The molecule has 4 rings (SSSR count). The molecule has 2 amide bonds. The zero-order chi connectivity index (χ0) is 18.6. The number of aryl methyl sites for hydroxylation is 2. The van der Waals surface area contributed by atoms with E-state index in [1.807, 2.05) is 50.2 Å². The fraction of sp³-hybridized carbons (Fsp3) is 0.150. The van der Waals surface area contributed by atoms with Crippen molar-refractivity contribution in [1.82, 2.24) is 0 Å². The number of thioether (sulfide) groups is 1. The first-order valence-electron chi connectivity index (χ1n) is 8.07. The van der Waals surface area contributed by atoms with Crippen LogP contribution in [-0.4, -0.2) is 23.9 Å². The molecule has 0 bridgehead atoms. The molecular weight excluding hydrogens is 412 g/mol. The van der Waals surface area contributed by atoms with Crippen LogP contribution in [0.5, 0.6) is 0 Å². The second-order valence-electron chi connectivity index (χ2n) is 6.38. The lowest BCUT2D eigenvalue weighted by Crippen LogP contribution is -2.21. The average Bonchev–Trinajstić information content (AvgIpc) is 3.07. The number of anilines is 1. The molecule has 2 aromatic rings. The summed E-state index contributed by atoms with van der Waals surface area (Å²) in [4.78, 5) is 31.7. The molecule has 4 nitrogen and oxygen atoms in total. The minimum atomic E-state index is -0.354. The molecule has 130 valence electrons. The van der Waals surface area contributed by atoms with Gasteiger partial charge < -0.3 is 4.90 Å². The van der Waals surface area contributed by atoms with Crippen LogP contribution < -0.4 is 4.90 Å². The number of aliphatic imine (C=N–C) groups is 1. The van der Waals surface area contributed by atoms with Crippen molar-refractivity contribution < 1.29 is 9.59 Å². The van der Waals surface area contributed by atoms with Crippen LogP contribution in [0.4, 0.5) is 5.69 Å². The number of likely N-dealkylation sites (N-methyl/N-ethyl adjacent to an activating group) is 1. The predicted octanol–water partition coefficient (Wildman–Crippen LogP) is 4.47. The first-order chi connectivity index (χ1) is 12.4. The Morgan fingerprint density at radius 2 is 1.77 bits per heavy atom. The van der Waals surface area contributed by atoms with E-state index in [0.717, 1.165) is 32.4 Å².